The molecule has 1 saturated heterocycles. The normalized spacial score (nSPS) is 20.0. The lowest BCUT2D eigenvalue weighted by molar-refractivity contribution is 0.295. The third kappa shape index (κ3) is 5.30. The van der Waals surface area contributed by atoms with Crippen molar-refractivity contribution < 1.29 is 0 Å². The van der Waals surface area contributed by atoms with Crippen molar-refractivity contribution >= 4 is 23.9 Å². The van der Waals surface area contributed by atoms with Crippen molar-refractivity contribution in [2.75, 3.05) is 26.4 Å². The van der Waals surface area contributed by atoms with E-state index in [1.54, 1.807) is 18.1 Å². The second kappa shape index (κ2) is 10.8. The van der Waals surface area contributed by atoms with E-state index in [1.165, 1.54) is 0 Å². The van der Waals surface area contributed by atoms with E-state index in [9.17, 15) is 0 Å². The molecule has 3 rings (SSSR count). The van der Waals surface area contributed by atoms with Gasteiger partial charge in [0.05, 0.1) is 35.4 Å². The quantitative estimate of drug-likeness (QED) is 0.463. The van der Waals surface area contributed by atoms with Crippen LogP contribution in [0.5, 0.6) is 0 Å². The first-order valence-corrected chi connectivity index (χ1v) is 12.3. The fourth-order valence-corrected chi connectivity index (χ4v) is 4.42. The molecule has 2 aliphatic heterocycles. The second-order valence-corrected chi connectivity index (χ2v) is 8.73. The maximum absolute atomic E-state index is 5.98. The molecule has 8 heteroatoms. The zero-order valence-electron chi connectivity index (χ0n) is 19.3. The molecule has 0 unspecified atom stereocenters. The van der Waals surface area contributed by atoms with Crippen LogP contribution in [0.25, 0.3) is 0 Å². The Morgan fingerprint density at radius 1 is 1.32 bits per heavy atom. The minimum atomic E-state index is 0.321. The van der Waals surface area contributed by atoms with Crippen molar-refractivity contribution in [3.05, 3.63) is 53.4 Å². The van der Waals surface area contributed by atoms with Gasteiger partial charge in [-0.25, -0.2) is 9.30 Å². The van der Waals surface area contributed by atoms with Gasteiger partial charge in [0.2, 0.25) is 0 Å². The Morgan fingerprint density at radius 2 is 2.06 bits per heavy atom. The van der Waals surface area contributed by atoms with E-state index in [4.69, 9.17) is 15.7 Å². The number of nitrogens with zero attached hydrogens (tertiary/aromatic N) is 6. The maximum Gasteiger partial charge on any atom is 0.0974 e. The number of likely N-dealkylation sites (N-methyl/N-ethyl adjacent to an activating group) is 1. The van der Waals surface area contributed by atoms with E-state index in [0.29, 0.717) is 12.1 Å². The summed E-state index contributed by atoms with van der Waals surface area (Å²) in [4.78, 5) is 11.8. The van der Waals surface area contributed by atoms with Gasteiger partial charge in [0, 0.05) is 56.1 Å². The first kappa shape index (κ1) is 23.3. The summed E-state index contributed by atoms with van der Waals surface area (Å²) >= 11 is 1.76. The molecule has 1 aromatic heterocycles. The van der Waals surface area contributed by atoms with Crippen LogP contribution in [0.2, 0.25) is 0 Å². The zero-order chi connectivity index (χ0) is 22.4. The van der Waals surface area contributed by atoms with Crippen LogP contribution < -0.4 is 5.73 Å². The highest BCUT2D eigenvalue weighted by atomic mass is 32.2. The van der Waals surface area contributed by atoms with Gasteiger partial charge >= 0.3 is 0 Å². The molecule has 0 atom stereocenters. The van der Waals surface area contributed by atoms with Crippen LogP contribution in [0.3, 0.4) is 0 Å². The molecule has 0 aromatic carbocycles. The van der Waals surface area contributed by atoms with Crippen molar-refractivity contribution in [1.82, 2.24) is 19.0 Å². The highest BCUT2D eigenvalue weighted by molar-refractivity contribution is 7.96. The van der Waals surface area contributed by atoms with E-state index < -0.39 is 0 Å². The lowest BCUT2D eigenvalue weighted by Crippen LogP contribution is -2.45. The molecule has 3 heterocycles. The average molecular weight is 442 g/mol. The van der Waals surface area contributed by atoms with Crippen LogP contribution in [0.1, 0.15) is 51.6 Å². The zero-order valence-corrected chi connectivity index (χ0v) is 20.1. The Labute approximate surface area is 190 Å². The molecule has 1 fully saturated rings. The average Bonchev–Trinajstić information content (AvgIpc) is 3.22. The van der Waals surface area contributed by atoms with Crippen LogP contribution in [-0.2, 0) is 0 Å². The van der Waals surface area contributed by atoms with Gasteiger partial charge in [0.15, 0.2) is 0 Å². The van der Waals surface area contributed by atoms with Gasteiger partial charge in [-0.3, -0.25) is 9.67 Å². The summed E-state index contributed by atoms with van der Waals surface area (Å²) in [6.07, 6.45) is 16.8. The third-order valence-electron chi connectivity index (χ3n) is 5.75. The lowest BCUT2D eigenvalue weighted by Gasteiger charge is -2.34. The second-order valence-electron chi connectivity index (χ2n) is 7.85. The Hall–Kier alpha value is -2.32. The lowest BCUT2D eigenvalue weighted by atomic mass is 10.1. The van der Waals surface area contributed by atoms with E-state index in [0.717, 1.165) is 60.6 Å². The Bertz CT molecular complexity index is 899. The van der Waals surface area contributed by atoms with Gasteiger partial charge in [-0.2, -0.15) is 5.10 Å². The van der Waals surface area contributed by atoms with Crippen LogP contribution >= 0.6 is 11.9 Å². The molecule has 31 heavy (non-hydrogen) atoms. The van der Waals surface area contributed by atoms with Crippen molar-refractivity contribution in [2.45, 2.75) is 52.1 Å². The Kier molecular flexibility index (Phi) is 8.15. The fourth-order valence-electron chi connectivity index (χ4n) is 3.78. The molecular formula is C23H35N7S. The van der Waals surface area contributed by atoms with Gasteiger partial charge < -0.3 is 10.6 Å². The number of allylic oxidation sites excluding steroid dienone is 3. The molecule has 7 nitrogen and oxygen atoms in total. The topological polar surface area (TPSA) is 75.0 Å². The summed E-state index contributed by atoms with van der Waals surface area (Å²) in [7, 11) is 2.05. The molecule has 0 saturated carbocycles. The number of aromatic nitrogens is 2. The number of aliphatic imine (C=N–C) groups is 2. The summed E-state index contributed by atoms with van der Waals surface area (Å²) in [5, 5.41) is 4.63. The number of rotatable bonds is 9. The molecule has 0 radical (unpaired) electrons. The highest BCUT2D eigenvalue weighted by Crippen LogP contribution is 2.26. The number of hydrogen-bond acceptors (Lipinski definition) is 7. The van der Waals surface area contributed by atoms with Crippen LogP contribution in [0.15, 0.2) is 57.8 Å². The van der Waals surface area contributed by atoms with E-state index in [2.05, 4.69) is 65.3 Å². The predicted octanol–water partition coefficient (Wildman–Crippen LogP) is 3.99. The molecule has 0 bridgehead atoms. The Balaban J connectivity index is 1.90. The number of nitrogens with two attached hydrogens (primary N) is 1. The molecule has 0 aliphatic carbocycles. The standard InChI is InChI=1S/C23H35N7S/c1-6-9-22-23(18-12-26-30(13-18)20(7-2)8-3)27-21(16-28(22)4)17(10-24)11-25-19-14-29(15-19)31-5/h9-13,16,19-20H,6-8,14-15,24H2,1-5H3/b17-10?,22-9-,25-11?. The smallest absolute Gasteiger partial charge is 0.0974 e. The molecule has 1 aromatic rings. The predicted molar refractivity (Wildman–Crippen MR) is 132 cm³/mol. The van der Waals surface area contributed by atoms with Gasteiger partial charge in [-0.05, 0) is 25.5 Å². The summed E-state index contributed by atoms with van der Waals surface area (Å²) in [5.41, 5.74) is 10.6. The molecule has 2 N–H and O–H groups in total. The van der Waals surface area contributed by atoms with Crippen molar-refractivity contribution in [3.63, 3.8) is 0 Å². The third-order valence-corrected chi connectivity index (χ3v) is 6.56. The molecular weight excluding hydrogens is 406 g/mol. The van der Waals surface area contributed by atoms with Crippen molar-refractivity contribution in [3.8, 4) is 0 Å². The minimum Gasteiger partial charge on any atom is -0.404 e. The van der Waals surface area contributed by atoms with Gasteiger partial charge in [0.25, 0.3) is 0 Å². The summed E-state index contributed by atoms with van der Waals surface area (Å²) in [6.45, 7) is 8.48. The maximum atomic E-state index is 5.98. The first-order valence-electron chi connectivity index (χ1n) is 11.1. The van der Waals surface area contributed by atoms with E-state index in [-0.39, 0.29) is 0 Å². The van der Waals surface area contributed by atoms with Gasteiger partial charge in [-0.15, -0.1) is 0 Å². The molecule has 168 valence electrons. The van der Waals surface area contributed by atoms with Crippen LogP contribution in [-0.4, -0.2) is 63.3 Å². The number of hydrogen-bond donors (Lipinski definition) is 1. The fraction of sp³-hybridized carbons (Fsp3) is 0.522. The Morgan fingerprint density at radius 3 is 2.68 bits per heavy atom. The first-order chi connectivity index (χ1) is 15.0. The van der Waals surface area contributed by atoms with Gasteiger partial charge in [-0.1, -0.05) is 38.8 Å². The van der Waals surface area contributed by atoms with E-state index in [1.807, 2.05) is 18.6 Å². The molecule has 2 aliphatic rings. The minimum absolute atomic E-state index is 0.321. The van der Waals surface area contributed by atoms with Gasteiger partial charge in [0.1, 0.15) is 0 Å². The molecule has 0 spiro atoms. The largest absolute Gasteiger partial charge is 0.404 e. The van der Waals surface area contributed by atoms with Crippen molar-refractivity contribution in [1.29, 1.82) is 0 Å². The van der Waals surface area contributed by atoms with Crippen LogP contribution in [0, 0.1) is 0 Å². The van der Waals surface area contributed by atoms with Crippen LogP contribution in [0.4, 0.5) is 0 Å². The summed E-state index contributed by atoms with van der Waals surface area (Å²) in [5.74, 6) is 0. The summed E-state index contributed by atoms with van der Waals surface area (Å²) in [6, 6.07) is 0.723. The van der Waals surface area contributed by atoms with E-state index >= 15 is 0 Å². The monoisotopic (exact) mass is 441 g/mol. The van der Waals surface area contributed by atoms with Crippen molar-refractivity contribution in [2.24, 2.45) is 15.7 Å². The highest BCUT2D eigenvalue weighted by Gasteiger charge is 2.26. The molecule has 0 amide bonds. The summed E-state index contributed by atoms with van der Waals surface area (Å²) < 4.78 is 4.35. The SMILES string of the molecule is CC/C=C1/C(c2cnn(C(CC)CC)c2)=NC(C(C=NC2CN(SC)C2)=CN)=CN1C.